The minimum absolute atomic E-state index is 0.114. The van der Waals surface area contributed by atoms with E-state index in [0.717, 1.165) is 11.1 Å². The van der Waals surface area contributed by atoms with Crippen LogP contribution in [0.1, 0.15) is 43.1 Å². The SMILES string of the molecule is COc1cc(OC)c(C2=CCN(C(=O)c3cccc(NC(=O)OC(C)(C)C)c3)CC2)c(OC)c1. The molecular formula is C26H32N2O6. The van der Waals surface area contributed by atoms with Gasteiger partial charge in [0.25, 0.3) is 5.91 Å². The molecular weight excluding hydrogens is 436 g/mol. The van der Waals surface area contributed by atoms with Crippen LogP contribution >= 0.6 is 0 Å². The van der Waals surface area contributed by atoms with Crippen molar-refractivity contribution in [2.45, 2.75) is 32.8 Å². The van der Waals surface area contributed by atoms with Gasteiger partial charge in [0.15, 0.2) is 0 Å². The van der Waals surface area contributed by atoms with E-state index in [1.165, 1.54) is 0 Å². The van der Waals surface area contributed by atoms with Crippen molar-refractivity contribution in [1.82, 2.24) is 4.90 Å². The number of nitrogens with zero attached hydrogens (tertiary/aromatic N) is 1. The number of ether oxygens (including phenoxy) is 4. The highest BCUT2D eigenvalue weighted by molar-refractivity contribution is 5.97. The molecule has 2 amide bonds. The van der Waals surface area contributed by atoms with E-state index in [-0.39, 0.29) is 5.91 Å². The van der Waals surface area contributed by atoms with Gasteiger partial charge in [0.05, 0.1) is 26.9 Å². The Bertz CT molecular complexity index is 1060. The smallest absolute Gasteiger partial charge is 0.412 e. The van der Waals surface area contributed by atoms with Crippen molar-refractivity contribution >= 4 is 23.3 Å². The van der Waals surface area contributed by atoms with Crippen molar-refractivity contribution in [2.75, 3.05) is 39.7 Å². The zero-order valence-corrected chi connectivity index (χ0v) is 20.6. The van der Waals surface area contributed by atoms with Gasteiger partial charge in [-0.25, -0.2) is 4.79 Å². The fourth-order valence-corrected chi connectivity index (χ4v) is 3.74. The first-order chi connectivity index (χ1) is 16.1. The molecule has 8 nitrogen and oxygen atoms in total. The lowest BCUT2D eigenvalue weighted by molar-refractivity contribution is 0.0635. The van der Waals surface area contributed by atoms with Gasteiger partial charge in [0, 0.05) is 36.5 Å². The molecule has 8 heteroatoms. The fraction of sp³-hybridized carbons (Fsp3) is 0.385. The van der Waals surface area contributed by atoms with Crippen molar-refractivity contribution in [2.24, 2.45) is 0 Å². The third-order valence-corrected chi connectivity index (χ3v) is 5.29. The monoisotopic (exact) mass is 468 g/mol. The summed E-state index contributed by atoms with van der Waals surface area (Å²) < 4.78 is 21.8. The maximum Gasteiger partial charge on any atom is 0.412 e. The molecule has 0 saturated carbocycles. The van der Waals surface area contributed by atoms with Gasteiger partial charge in [-0.15, -0.1) is 0 Å². The summed E-state index contributed by atoms with van der Waals surface area (Å²) in [4.78, 5) is 27.0. The lowest BCUT2D eigenvalue weighted by atomic mass is 9.96. The number of benzene rings is 2. The Morgan fingerprint density at radius 1 is 0.971 bits per heavy atom. The Balaban J connectivity index is 1.75. The van der Waals surface area contributed by atoms with Crippen molar-refractivity contribution in [3.05, 3.63) is 53.6 Å². The average Bonchev–Trinajstić information content (AvgIpc) is 2.81. The Hall–Kier alpha value is -3.68. The van der Waals surface area contributed by atoms with Crippen LogP contribution in [0.3, 0.4) is 0 Å². The van der Waals surface area contributed by atoms with Crippen molar-refractivity contribution < 1.29 is 28.5 Å². The molecule has 0 aromatic heterocycles. The molecule has 0 atom stereocenters. The second-order valence-electron chi connectivity index (χ2n) is 8.85. The lowest BCUT2D eigenvalue weighted by Crippen LogP contribution is -2.34. The zero-order valence-electron chi connectivity index (χ0n) is 20.6. The zero-order chi connectivity index (χ0) is 24.9. The number of rotatable bonds is 6. The molecule has 0 unspecified atom stereocenters. The third-order valence-electron chi connectivity index (χ3n) is 5.29. The quantitative estimate of drug-likeness (QED) is 0.643. The summed E-state index contributed by atoms with van der Waals surface area (Å²) in [5.41, 5.74) is 2.29. The van der Waals surface area contributed by atoms with Crippen LogP contribution in [0.5, 0.6) is 17.2 Å². The van der Waals surface area contributed by atoms with Crippen LogP contribution in [-0.2, 0) is 4.74 Å². The Morgan fingerprint density at radius 3 is 2.18 bits per heavy atom. The molecule has 0 bridgehead atoms. The first kappa shape index (κ1) is 25.0. The fourth-order valence-electron chi connectivity index (χ4n) is 3.74. The molecule has 3 rings (SSSR count). The largest absolute Gasteiger partial charge is 0.496 e. The maximum absolute atomic E-state index is 13.1. The molecule has 0 spiro atoms. The number of anilines is 1. The number of hydrogen-bond donors (Lipinski definition) is 1. The number of nitrogens with one attached hydrogen (secondary N) is 1. The van der Waals surface area contributed by atoms with E-state index in [2.05, 4.69) is 5.32 Å². The Morgan fingerprint density at radius 2 is 1.65 bits per heavy atom. The summed E-state index contributed by atoms with van der Waals surface area (Å²) in [5.74, 6) is 1.84. The second kappa shape index (κ2) is 10.5. The molecule has 34 heavy (non-hydrogen) atoms. The van der Waals surface area contributed by atoms with Crippen molar-refractivity contribution in [3.8, 4) is 17.2 Å². The minimum atomic E-state index is -0.607. The molecule has 2 aromatic rings. The predicted molar refractivity (Wildman–Crippen MR) is 131 cm³/mol. The predicted octanol–water partition coefficient (Wildman–Crippen LogP) is 4.99. The summed E-state index contributed by atoms with van der Waals surface area (Å²) in [6, 6.07) is 10.5. The van der Waals surface area contributed by atoms with Crippen LogP contribution in [0, 0.1) is 0 Å². The molecule has 0 fully saturated rings. The standard InChI is InChI=1S/C26H32N2O6/c1-26(2,3)34-25(30)27-19-9-7-8-18(14-19)24(29)28-12-10-17(11-13-28)23-21(32-5)15-20(31-4)16-22(23)33-6/h7-10,14-16H,11-13H2,1-6H3,(H,27,30). The van der Waals surface area contributed by atoms with Gasteiger partial charge >= 0.3 is 6.09 Å². The van der Waals surface area contributed by atoms with Gasteiger partial charge in [0.2, 0.25) is 0 Å². The second-order valence-corrected chi connectivity index (χ2v) is 8.85. The highest BCUT2D eigenvalue weighted by Gasteiger charge is 2.24. The van der Waals surface area contributed by atoms with Crippen LogP contribution in [0.2, 0.25) is 0 Å². The van der Waals surface area contributed by atoms with Crippen LogP contribution in [0.15, 0.2) is 42.5 Å². The molecule has 0 radical (unpaired) electrons. The van der Waals surface area contributed by atoms with E-state index in [4.69, 9.17) is 18.9 Å². The number of amides is 2. The van der Waals surface area contributed by atoms with Gasteiger partial charge < -0.3 is 23.8 Å². The van der Waals surface area contributed by atoms with E-state index in [9.17, 15) is 9.59 Å². The molecule has 0 saturated heterocycles. The summed E-state index contributed by atoms with van der Waals surface area (Å²) in [6.45, 7) is 6.36. The van der Waals surface area contributed by atoms with E-state index >= 15 is 0 Å². The molecule has 1 N–H and O–H groups in total. The van der Waals surface area contributed by atoms with E-state index in [1.54, 1.807) is 71.3 Å². The van der Waals surface area contributed by atoms with Crippen LogP contribution < -0.4 is 19.5 Å². The molecule has 182 valence electrons. The summed E-state index contributed by atoms with van der Waals surface area (Å²) in [5, 5.41) is 2.68. The summed E-state index contributed by atoms with van der Waals surface area (Å²) in [7, 11) is 4.81. The van der Waals surface area contributed by atoms with E-state index < -0.39 is 11.7 Å². The highest BCUT2D eigenvalue weighted by atomic mass is 16.6. The van der Waals surface area contributed by atoms with Crippen molar-refractivity contribution in [1.29, 1.82) is 0 Å². The van der Waals surface area contributed by atoms with Gasteiger partial charge in [0.1, 0.15) is 22.8 Å². The number of hydrogen-bond acceptors (Lipinski definition) is 6. The Kier molecular flexibility index (Phi) is 7.71. The molecule has 0 aliphatic carbocycles. The molecule has 1 heterocycles. The Labute approximate surface area is 200 Å². The first-order valence-electron chi connectivity index (χ1n) is 11.0. The highest BCUT2D eigenvalue weighted by Crippen LogP contribution is 2.41. The minimum Gasteiger partial charge on any atom is -0.496 e. The van der Waals surface area contributed by atoms with Gasteiger partial charge in [-0.1, -0.05) is 12.1 Å². The van der Waals surface area contributed by atoms with Gasteiger partial charge in [-0.05, 0) is 51.0 Å². The molecule has 1 aliphatic heterocycles. The van der Waals surface area contributed by atoms with Gasteiger partial charge in [-0.3, -0.25) is 10.1 Å². The molecule has 1 aliphatic rings. The summed E-state index contributed by atoms with van der Waals surface area (Å²) >= 11 is 0. The van der Waals surface area contributed by atoms with Crippen molar-refractivity contribution in [3.63, 3.8) is 0 Å². The van der Waals surface area contributed by atoms with Crippen LogP contribution in [-0.4, -0.2) is 56.9 Å². The first-order valence-corrected chi connectivity index (χ1v) is 11.0. The van der Waals surface area contributed by atoms with Gasteiger partial charge in [-0.2, -0.15) is 0 Å². The number of carbonyl (C=O) groups is 2. The van der Waals surface area contributed by atoms with Crippen LogP contribution in [0.25, 0.3) is 5.57 Å². The number of carbonyl (C=O) groups excluding carboxylic acids is 2. The van der Waals surface area contributed by atoms with Crippen LogP contribution in [0.4, 0.5) is 10.5 Å². The number of methoxy groups -OCH3 is 3. The topological polar surface area (TPSA) is 86.3 Å². The normalized spacial score (nSPS) is 13.6. The average molecular weight is 469 g/mol. The summed E-state index contributed by atoms with van der Waals surface area (Å²) in [6.07, 6.45) is 2.09. The third kappa shape index (κ3) is 6.01. The molecule has 2 aromatic carbocycles. The van der Waals surface area contributed by atoms with E-state index in [0.29, 0.717) is 48.0 Å². The van der Waals surface area contributed by atoms with E-state index in [1.807, 2.05) is 18.2 Å². The lowest BCUT2D eigenvalue weighted by Gasteiger charge is -2.28. The maximum atomic E-state index is 13.1.